The molecule has 0 N–H and O–H groups in total. The molecule has 33 heavy (non-hydrogen) atoms. The molecular weight excluding hydrogens is 436 g/mol. The Bertz CT molecular complexity index is 834. The second kappa shape index (κ2) is 12.2. The summed E-state index contributed by atoms with van der Waals surface area (Å²) in [4.78, 5) is 46.8. The van der Waals surface area contributed by atoms with E-state index in [0.717, 1.165) is 32.3 Å². The Labute approximate surface area is 192 Å². The van der Waals surface area contributed by atoms with Gasteiger partial charge in [0.2, 0.25) is 12.4 Å². The molecule has 0 amide bonds. The molecule has 5 atom stereocenters. The highest BCUT2D eigenvalue weighted by atomic mass is 16.7. The number of carbonyl (C=O) groups excluding carboxylic acids is 4. The van der Waals surface area contributed by atoms with Crippen LogP contribution in [0.5, 0.6) is 5.75 Å². The van der Waals surface area contributed by atoms with Gasteiger partial charge in [-0.25, -0.2) is 0 Å². The molecule has 1 fully saturated rings. The minimum Gasteiger partial charge on any atom is -0.463 e. The summed E-state index contributed by atoms with van der Waals surface area (Å²) in [7, 11) is 0. The van der Waals surface area contributed by atoms with Crippen molar-refractivity contribution >= 4 is 23.9 Å². The minimum atomic E-state index is -1.27. The largest absolute Gasteiger partial charge is 0.463 e. The van der Waals surface area contributed by atoms with Gasteiger partial charge >= 0.3 is 23.9 Å². The lowest BCUT2D eigenvalue weighted by molar-refractivity contribution is -0.288. The first-order valence-corrected chi connectivity index (χ1v) is 10.7. The van der Waals surface area contributed by atoms with Gasteiger partial charge in [-0.2, -0.15) is 0 Å². The normalized spacial score (nSPS) is 24.3. The Morgan fingerprint density at radius 3 is 1.85 bits per heavy atom. The van der Waals surface area contributed by atoms with Crippen molar-refractivity contribution in [2.75, 3.05) is 6.61 Å². The maximum Gasteiger partial charge on any atom is 0.303 e. The lowest BCUT2D eigenvalue weighted by atomic mass is 9.98. The molecule has 0 unspecified atom stereocenters. The van der Waals surface area contributed by atoms with E-state index < -0.39 is 54.6 Å². The van der Waals surface area contributed by atoms with Crippen molar-refractivity contribution in [2.45, 2.75) is 78.2 Å². The third kappa shape index (κ3) is 8.05. The van der Waals surface area contributed by atoms with E-state index in [-0.39, 0.29) is 6.61 Å². The molecule has 0 aromatic heterocycles. The zero-order valence-electron chi connectivity index (χ0n) is 19.4. The zero-order valence-corrected chi connectivity index (χ0v) is 19.4. The van der Waals surface area contributed by atoms with Gasteiger partial charge < -0.3 is 28.4 Å². The maximum absolute atomic E-state index is 11.8. The molecule has 2 rings (SSSR count). The first-order valence-electron chi connectivity index (χ1n) is 10.7. The van der Waals surface area contributed by atoms with E-state index >= 15 is 0 Å². The summed E-state index contributed by atoms with van der Waals surface area (Å²) in [5.41, 5.74) is 1.12. The van der Waals surface area contributed by atoms with Crippen LogP contribution in [0.4, 0.5) is 0 Å². The molecule has 1 aromatic carbocycles. The summed E-state index contributed by atoms with van der Waals surface area (Å²) in [6, 6.07) is 7.26. The number of hydrogen-bond donors (Lipinski definition) is 0. The van der Waals surface area contributed by atoms with Crippen LogP contribution in [0.25, 0.3) is 0 Å². The lowest BCUT2D eigenvalue weighted by Gasteiger charge is -2.43. The number of esters is 4. The van der Waals surface area contributed by atoms with E-state index in [4.69, 9.17) is 28.4 Å². The molecule has 0 aliphatic carbocycles. The van der Waals surface area contributed by atoms with Gasteiger partial charge in [0.15, 0.2) is 12.2 Å². The molecule has 0 radical (unpaired) electrons. The molecule has 182 valence electrons. The molecule has 1 aliphatic rings. The van der Waals surface area contributed by atoms with Crippen LogP contribution >= 0.6 is 0 Å². The van der Waals surface area contributed by atoms with E-state index in [1.54, 1.807) is 12.1 Å². The Kier molecular flexibility index (Phi) is 9.65. The number of aryl methyl sites for hydroxylation is 1. The summed E-state index contributed by atoms with van der Waals surface area (Å²) >= 11 is 0. The highest BCUT2D eigenvalue weighted by molar-refractivity contribution is 5.68. The van der Waals surface area contributed by atoms with Crippen LogP contribution in [-0.4, -0.2) is 61.2 Å². The Morgan fingerprint density at radius 2 is 1.33 bits per heavy atom. The fourth-order valence-electron chi connectivity index (χ4n) is 3.44. The predicted octanol–water partition coefficient (Wildman–Crippen LogP) is 2.10. The quantitative estimate of drug-likeness (QED) is 0.395. The topological polar surface area (TPSA) is 124 Å². The number of benzene rings is 1. The summed E-state index contributed by atoms with van der Waals surface area (Å²) in [5.74, 6) is -2.26. The molecule has 1 saturated heterocycles. The summed E-state index contributed by atoms with van der Waals surface area (Å²) in [6.45, 7) is 6.46. The van der Waals surface area contributed by atoms with Gasteiger partial charge in [0.05, 0.1) is 0 Å². The molecule has 1 aliphatic heterocycles. The van der Waals surface area contributed by atoms with Crippen LogP contribution < -0.4 is 4.74 Å². The average molecular weight is 466 g/mol. The SMILES string of the molecule is CCCc1ccc(O[C@H]2O[C@@H](COC(C)=O)[C@@H](OC(C)=O)[C@@H](OC(C)=O)[C@@H]2OC(C)=O)cc1. The van der Waals surface area contributed by atoms with Gasteiger partial charge in [-0.05, 0) is 24.1 Å². The first-order chi connectivity index (χ1) is 15.6. The second-order valence-corrected chi connectivity index (χ2v) is 7.58. The molecule has 0 bridgehead atoms. The van der Waals surface area contributed by atoms with Crippen LogP contribution in [0.3, 0.4) is 0 Å². The predicted molar refractivity (Wildman–Crippen MR) is 113 cm³/mol. The maximum atomic E-state index is 11.8. The van der Waals surface area contributed by atoms with Gasteiger partial charge in [0.1, 0.15) is 18.5 Å². The third-order valence-electron chi connectivity index (χ3n) is 4.66. The van der Waals surface area contributed by atoms with Crippen LogP contribution in [0, 0.1) is 0 Å². The fourth-order valence-corrected chi connectivity index (χ4v) is 3.44. The smallest absolute Gasteiger partial charge is 0.303 e. The standard InChI is InChI=1S/C23H30O10/c1-6-7-17-8-10-18(11-9-17)32-23-22(31-16(5)27)21(30-15(4)26)20(29-14(3)25)19(33-23)12-28-13(2)24/h8-11,19-23H,6-7,12H2,1-5H3/t19-,20+,21+,22-,23-/m0/s1. The highest BCUT2D eigenvalue weighted by Crippen LogP contribution is 2.31. The minimum absolute atomic E-state index is 0.312. The summed E-state index contributed by atoms with van der Waals surface area (Å²) in [6.07, 6.45) is -4.17. The number of rotatable bonds is 9. The molecule has 0 saturated carbocycles. The average Bonchev–Trinajstić information content (AvgIpc) is 2.71. The van der Waals surface area contributed by atoms with Crippen LogP contribution in [-0.2, 0) is 49.3 Å². The highest BCUT2D eigenvalue weighted by Gasteiger charge is 2.53. The molecule has 10 nitrogen and oxygen atoms in total. The van der Waals surface area contributed by atoms with Crippen molar-refractivity contribution in [2.24, 2.45) is 0 Å². The van der Waals surface area contributed by atoms with Gasteiger partial charge in [-0.15, -0.1) is 0 Å². The third-order valence-corrected chi connectivity index (χ3v) is 4.66. The van der Waals surface area contributed by atoms with E-state index in [1.165, 1.54) is 13.8 Å². The molecule has 10 heteroatoms. The Balaban J connectivity index is 2.40. The van der Waals surface area contributed by atoms with Crippen LogP contribution in [0.15, 0.2) is 24.3 Å². The molecular formula is C23H30O10. The summed E-state index contributed by atoms with van der Waals surface area (Å²) in [5, 5.41) is 0. The second-order valence-electron chi connectivity index (χ2n) is 7.58. The molecule has 1 heterocycles. The van der Waals surface area contributed by atoms with Gasteiger partial charge in [0.25, 0.3) is 0 Å². The summed E-state index contributed by atoms with van der Waals surface area (Å²) < 4.78 is 33.0. The van der Waals surface area contributed by atoms with Crippen LogP contribution in [0.2, 0.25) is 0 Å². The fraction of sp³-hybridized carbons (Fsp3) is 0.565. The van der Waals surface area contributed by atoms with Crippen molar-refractivity contribution in [3.63, 3.8) is 0 Å². The Hall–Kier alpha value is -3.14. The van der Waals surface area contributed by atoms with Gasteiger partial charge in [-0.1, -0.05) is 25.5 Å². The monoisotopic (exact) mass is 466 g/mol. The van der Waals surface area contributed by atoms with E-state index in [2.05, 4.69) is 6.92 Å². The van der Waals surface area contributed by atoms with Gasteiger partial charge in [0, 0.05) is 27.7 Å². The molecule has 0 spiro atoms. The Morgan fingerprint density at radius 1 is 0.788 bits per heavy atom. The van der Waals surface area contributed by atoms with Crippen molar-refractivity contribution in [1.29, 1.82) is 0 Å². The van der Waals surface area contributed by atoms with Crippen molar-refractivity contribution in [3.05, 3.63) is 29.8 Å². The zero-order chi connectivity index (χ0) is 24.5. The van der Waals surface area contributed by atoms with E-state index in [9.17, 15) is 19.2 Å². The number of carbonyl (C=O) groups is 4. The number of hydrogen-bond acceptors (Lipinski definition) is 10. The van der Waals surface area contributed by atoms with Crippen molar-refractivity contribution in [1.82, 2.24) is 0 Å². The van der Waals surface area contributed by atoms with Crippen LogP contribution in [0.1, 0.15) is 46.6 Å². The lowest BCUT2D eigenvalue weighted by Crippen LogP contribution is -2.63. The molecule has 1 aromatic rings. The van der Waals surface area contributed by atoms with E-state index in [1.807, 2.05) is 12.1 Å². The van der Waals surface area contributed by atoms with Gasteiger partial charge in [-0.3, -0.25) is 19.2 Å². The number of ether oxygens (including phenoxy) is 6. The first kappa shape index (κ1) is 26.1. The van der Waals surface area contributed by atoms with Crippen molar-refractivity contribution in [3.8, 4) is 5.75 Å². The van der Waals surface area contributed by atoms with Crippen molar-refractivity contribution < 1.29 is 47.6 Å². The van der Waals surface area contributed by atoms with E-state index in [0.29, 0.717) is 5.75 Å².